The molecule has 0 unspecified atom stereocenters. The maximum Gasteiger partial charge on any atom is 0.137 e. The number of hydrogen-bond acceptors (Lipinski definition) is 5. The van der Waals surface area contributed by atoms with E-state index in [9.17, 15) is 0 Å². The Bertz CT molecular complexity index is 402. The Hall–Kier alpha value is -1.36. The fourth-order valence-corrected chi connectivity index (χ4v) is 2.73. The molecule has 0 saturated carbocycles. The summed E-state index contributed by atoms with van der Waals surface area (Å²) in [6.07, 6.45) is 5.89. The molecule has 5 heteroatoms. The van der Waals surface area contributed by atoms with Gasteiger partial charge in [0.2, 0.25) is 0 Å². The van der Waals surface area contributed by atoms with Gasteiger partial charge in [-0.2, -0.15) is 0 Å². The van der Waals surface area contributed by atoms with Crippen LogP contribution in [-0.4, -0.2) is 36.8 Å². The third kappa shape index (κ3) is 3.35. The van der Waals surface area contributed by atoms with Crippen LogP contribution in [0.25, 0.3) is 0 Å². The van der Waals surface area contributed by atoms with Crippen LogP contribution in [0.5, 0.6) is 0 Å². The van der Waals surface area contributed by atoms with Crippen LogP contribution in [0.15, 0.2) is 6.33 Å². The molecule has 0 radical (unpaired) electrons. The van der Waals surface area contributed by atoms with E-state index in [0.717, 1.165) is 56.8 Å². The number of nitrogens with two attached hydrogens (primary N) is 1. The molecule has 0 aliphatic carbocycles. The highest BCUT2D eigenvalue weighted by Crippen LogP contribution is 2.27. The highest BCUT2D eigenvalue weighted by atomic mass is 16.5. The van der Waals surface area contributed by atoms with Gasteiger partial charge in [-0.3, -0.25) is 0 Å². The van der Waals surface area contributed by atoms with Crippen molar-refractivity contribution in [3.05, 3.63) is 11.9 Å². The van der Waals surface area contributed by atoms with Gasteiger partial charge in [0.25, 0.3) is 0 Å². The summed E-state index contributed by atoms with van der Waals surface area (Å²) in [5.74, 6) is 2.34. The van der Waals surface area contributed by atoms with Gasteiger partial charge < -0.3 is 15.4 Å². The molecule has 2 N–H and O–H groups in total. The molecule has 1 aliphatic heterocycles. The smallest absolute Gasteiger partial charge is 0.137 e. The van der Waals surface area contributed by atoms with Crippen LogP contribution < -0.4 is 10.6 Å². The molecule has 0 amide bonds. The lowest BCUT2D eigenvalue weighted by Crippen LogP contribution is -2.36. The third-order valence-electron chi connectivity index (χ3n) is 3.77. The minimum absolute atomic E-state index is 0.630. The molecule has 0 atom stereocenters. The predicted octanol–water partition coefficient (Wildman–Crippen LogP) is 1.87. The van der Waals surface area contributed by atoms with Crippen molar-refractivity contribution in [2.75, 3.05) is 37.4 Å². The maximum atomic E-state index is 5.99. The zero-order valence-electron chi connectivity index (χ0n) is 11.9. The molecule has 0 spiro atoms. The lowest BCUT2D eigenvalue weighted by molar-refractivity contribution is 0.139. The van der Waals surface area contributed by atoms with E-state index in [1.807, 2.05) is 0 Å². The normalized spacial score (nSPS) is 16.8. The highest BCUT2D eigenvalue weighted by molar-refractivity contribution is 5.56. The second-order valence-corrected chi connectivity index (χ2v) is 5.20. The molecule has 106 valence electrons. The first kappa shape index (κ1) is 14.1. The van der Waals surface area contributed by atoms with Gasteiger partial charge >= 0.3 is 0 Å². The Balaban J connectivity index is 2.08. The van der Waals surface area contributed by atoms with E-state index >= 15 is 0 Å². The van der Waals surface area contributed by atoms with Gasteiger partial charge in [0, 0.05) is 32.4 Å². The van der Waals surface area contributed by atoms with Crippen molar-refractivity contribution in [3.8, 4) is 0 Å². The van der Waals surface area contributed by atoms with Crippen molar-refractivity contribution >= 4 is 11.6 Å². The second kappa shape index (κ2) is 6.70. The third-order valence-corrected chi connectivity index (χ3v) is 3.77. The molecule has 0 aromatic carbocycles. The van der Waals surface area contributed by atoms with E-state index in [0.29, 0.717) is 11.7 Å². The van der Waals surface area contributed by atoms with Crippen molar-refractivity contribution < 1.29 is 4.74 Å². The molecule has 1 aromatic heterocycles. The number of methoxy groups -OCH3 is 1. The molecule has 1 fully saturated rings. The van der Waals surface area contributed by atoms with E-state index < -0.39 is 0 Å². The summed E-state index contributed by atoms with van der Waals surface area (Å²) in [6.45, 7) is 5.07. The average Bonchev–Trinajstić information content (AvgIpc) is 2.43. The molecule has 1 saturated heterocycles. The molecule has 2 rings (SSSR count). The number of aromatic nitrogens is 2. The summed E-state index contributed by atoms with van der Waals surface area (Å²) in [7, 11) is 1.77. The summed E-state index contributed by atoms with van der Waals surface area (Å²) < 4.78 is 5.24. The lowest BCUT2D eigenvalue weighted by Gasteiger charge is -2.33. The van der Waals surface area contributed by atoms with Crippen LogP contribution in [0.1, 0.15) is 31.7 Å². The fraction of sp³-hybridized carbons (Fsp3) is 0.714. The minimum atomic E-state index is 0.630. The number of nitrogens with zero attached hydrogens (tertiary/aromatic N) is 3. The van der Waals surface area contributed by atoms with E-state index in [1.165, 1.54) is 0 Å². The summed E-state index contributed by atoms with van der Waals surface area (Å²) in [5.41, 5.74) is 7.10. The first-order valence-electron chi connectivity index (χ1n) is 7.09. The van der Waals surface area contributed by atoms with Crippen LogP contribution in [0.2, 0.25) is 0 Å². The Morgan fingerprint density at radius 1 is 1.37 bits per heavy atom. The number of piperidine rings is 1. The standard InChI is InChI=1S/C14H24N4O/c1-3-4-12-13(15)16-10-17-14(12)18-7-5-11(6-8-18)9-19-2/h10-11H,3-9H2,1-2H3,(H2,15,16,17). The van der Waals surface area contributed by atoms with Gasteiger partial charge in [0.15, 0.2) is 0 Å². The highest BCUT2D eigenvalue weighted by Gasteiger charge is 2.22. The number of ether oxygens (including phenoxy) is 1. The second-order valence-electron chi connectivity index (χ2n) is 5.20. The van der Waals surface area contributed by atoms with Crippen molar-refractivity contribution in [2.24, 2.45) is 5.92 Å². The number of nitrogen functional groups attached to an aromatic ring is 1. The predicted molar refractivity (Wildman–Crippen MR) is 77.3 cm³/mol. The Morgan fingerprint density at radius 3 is 2.74 bits per heavy atom. The summed E-state index contributed by atoms with van der Waals surface area (Å²) in [5, 5.41) is 0. The zero-order chi connectivity index (χ0) is 13.7. The average molecular weight is 264 g/mol. The number of rotatable bonds is 5. The topological polar surface area (TPSA) is 64.3 Å². The largest absolute Gasteiger partial charge is 0.384 e. The van der Waals surface area contributed by atoms with E-state index in [-0.39, 0.29) is 0 Å². The van der Waals surface area contributed by atoms with Gasteiger partial charge in [0.05, 0.1) is 0 Å². The fourth-order valence-electron chi connectivity index (χ4n) is 2.73. The van der Waals surface area contributed by atoms with Gasteiger partial charge in [0.1, 0.15) is 18.0 Å². The van der Waals surface area contributed by atoms with Crippen molar-refractivity contribution in [1.29, 1.82) is 0 Å². The number of anilines is 2. The molecule has 2 heterocycles. The molecular weight excluding hydrogens is 240 g/mol. The van der Waals surface area contributed by atoms with Crippen LogP contribution >= 0.6 is 0 Å². The first-order chi connectivity index (χ1) is 9.26. The van der Waals surface area contributed by atoms with Gasteiger partial charge in [-0.15, -0.1) is 0 Å². The quantitative estimate of drug-likeness (QED) is 0.879. The van der Waals surface area contributed by atoms with Crippen LogP contribution in [0, 0.1) is 5.92 Å². The van der Waals surface area contributed by atoms with Gasteiger partial charge in [-0.05, 0) is 25.2 Å². The molecular formula is C14H24N4O. The summed E-state index contributed by atoms with van der Waals surface area (Å²) >= 11 is 0. The SMILES string of the molecule is CCCc1c(N)ncnc1N1CCC(COC)CC1. The van der Waals surface area contributed by atoms with Crippen molar-refractivity contribution in [2.45, 2.75) is 32.6 Å². The van der Waals surface area contributed by atoms with Gasteiger partial charge in [-0.25, -0.2) is 9.97 Å². The van der Waals surface area contributed by atoms with E-state index in [4.69, 9.17) is 10.5 Å². The molecule has 1 aliphatic rings. The van der Waals surface area contributed by atoms with Crippen molar-refractivity contribution in [3.63, 3.8) is 0 Å². The Kier molecular flexibility index (Phi) is 4.96. The number of hydrogen-bond donors (Lipinski definition) is 1. The molecule has 1 aromatic rings. The maximum absolute atomic E-state index is 5.99. The van der Waals surface area contributed by atoms with E-state index in [2.05, 4.69) is 21.8 Å². The molecule has 0 bridgehead atoms. The Morgan fingerprint density at radius 2 is 2.11 bits per heavy atom. The molecule has 5 nitrogen and oxygen atoms in total. The van der Waals surface area contributed by atoms with Crippen molar-refractivity contribution in [1.82, 2.24) is 9.97 Å². The van der Waals surface area contributed by atoms with Gasteiger partial charge in [-0.1, -0.05) is 13.3 Å². The lowest BCUT2D eigenvalue weighted by atomic mass is 9.97. The molecule has 19 heavy (non-hydrogen) atoms. The summed E-state index contributed by atoms with van der Waals surface area (Å²) in [6, 6.07) is 0. The van der Waals surface area contributed by atoms with Crippen LogP contribution in [0.3, 0.4) is 0 Å². The minimum Gasteiger partial charge on any atom is -0.384 e. The zero-order valence-corrected chi connectivity index (χ0v) is 11.9. The first-order valence-corrected chi connectivity index (χ1v) is 7.09. The summed E-state index contributed by atoms with van der Waals surface area (Å²) in [4.78, 5) is 10.9. The van der Waals surface area contributed by atoms with Crippen LogP contribution in [0.4, 0.5) is 11.6 Å². The monoisotopic (exact) mass is 264 g/mol. The van der Waals surface area contributed by atoms with E-state index in [1.54, 1.807) is 13.4 Å². The Labute approximate surface area is 115 Å². The van der Waals surface area contributed by atoms with Crippen LogP contribution in [-0.2, 0) is 11.2 Å².